The highest BCUT2D eigenvalue weighted by molar-refractivity contribution is 7.89. The quantitative estimate of drug-likeness (QED) is 0.459. The second-order valence-electron chi connectivity index (χ2n) is 6.08. The largest absolute Gasteiger partial charge is 0.303 e. The fourth-order valence-electron chi connectivity index (χ4n) is 2.83. The molecule has 0 aliphatic heterocycles. The Labute approximate surface area is 160 Å². The highest BCUT2D eigenvalue weighted by atomic mass is 32.2. The van der Waals surface area contributed by atoms with Crippen molar-refractivity contribution < 1.29 is 13.3 Å². The van der Waals surface area contributed by atoms with Crippen LogP contribution in [0.2, 0.25) is 0 Å². The van der Waals surface area contributed by atoms with Crippen LogP contribution in [0.3, 0.4) is 0 Å². The van der Waals surface area contributed by atoms with Gasteiger partial charge in [0.15, 0.2) is 4.90 Å². The number of nitro benzene ring substituents is 1. The van der Waals surface area contributed by atoms with E-state index in [1.54, 1.807) is 0 Å². The maximum absolute atomic E-state index is 13.3. The van der Waals surface area contributed by atoms with Gasteiger partial charge >= 0.3 is 0 Å². The second kappa shape index (κ2) is 9.59. The van der Waals surface area contributed by atoms with Gasteiger partial charge in [0.1, 0.15) is 0 Å². The lowest BCUT2D eigenvalue weighted by atomic mass is 10.2. The van der Waals surface area contributed by atoms with Crippen LogP contribution in [0.15, 0.2) is 59.5 Å². The standard InChI is InChI=1S/C19H25N3O4S/c1-3-20(4-2)14-15-21(16-17-10-6-5-7-11-17)27(25,26)19-13-9-8-12-18(19)22(23)24/h5-13H,3-4,14-16H2,1-2H3. The molecule has 0 radical (unpaired) electrons. The predicted octanol–water partition coefficient (Wildman–Crippen LogP) is 3.13. The van der Waals surface area contributed by atoms with Crippen molar-refractivity contribution in [3.05, 3.63) is 70.3 Å². The van der Waals surface area contributed by atoms with E-state index in [0.717, 1.165) is 18.7 Å². The van der Waals surface area contributed by atoms with Gasteiger partial charge in [0.2, 0.25) is 10.0 Å². The van der Waals surface area contributed by atoms with Crippen LogP contribution in [0, 0.1) is 10.1 Å². The fourth-order valence-corrected chi connectivity index (χ4v) is 4.41. The highest BCUT2D eigenvalue weighted by Gasteiger charge is 2.31. The number of hydrogen-bond acceptors (Lipinski definition) is 5. The zero-order valence-corrected chi connectivity index (χ0v) is 16.4. The molecule has 0 amide bonds. The van der Waals surface area contributed by atoms with Gasteiger partial charge in [0.25, 0.3) is 5.69 Å². The first-order valence-electron chi connectivity index (χ1n) is 8.90. The van der Waals surface area contributed by atoms with Crippen LogP contribution < -0.4 is 0 Å². The average Bonchev–Trinajstić information content (AvgIpc) is 2.68. The van der Waals surface area contributed by atoms with Gasteiger partial charge < -0.3 is 4.90 Å². The zero-order valence-electron chi connectivity index (χ0n) is 15.6. The molecule has 0 saturated carbocycles. The van der Waals surface area contributed by atoms with Crippen LogP contribution in [-0.2, 0) is 16.6 Å². The lowest BCUT2D eigenvalue weighted by Gasteiger charge is -2.26. The van der Waals surface area contributed by atoms with E-state index in [4.69, 9.17) is 0 Å². The van der Waals surface area contributed by atoms with Gasteiger partial charge in [-0.1, -0.05) is 56.3 Å². The van der Waals surface area contributed by atoms with E-state index >= 15 is 0 Å². The Morgan fingerprint density at radius 2 is 1.52 bits per heavy atom. The first-order chi connectivity index (χ1) is 12.9. The van der Waals surface area contributed by atoms with Crippen LogP contribution in [0.4, 0.5) is 5.69 Å². The third kappa shape index (κ3) is 5.35. The predicted molar refractivity (Wildman–Crippen MR) is 105 cm³/mol. The summed E-state index contributed by atoms with van der Waals surface area (Å²) in [4.78, 5) is 12.5. The normalized spacial score (nSPS) is 11.9. The molecular weight excluding hydrogens is 366 g/mol. The van der Waals surface area contributed by atoms with Gasteiger partial charge in [-0.05, 0) is 24.7 Å². The molecule has 0 spiro atoms. The number of nitro groups is 1. The zero-order chi connectivity index (χ0) is 19.9. The van der Waals surface area contributed by atoms with Crippen molar-refractivity contribution in [3.8, 4) is 0 Å². The summed E-state index contributed by atoms with van der Waals surface area (Å²) in [6.45, 7) is 6.62. The minimum Gasteiger partial charge on any atom is -0.303 e. The molecule has 7 nitrogen and oxygen atoms in total. The molecule has 2 aromatic rings. The number of para-hydroxylation sites is 1. The van der Waals surface area contributed by atoms with Crippen molar-refractivity contribution in [2.24, 2.45) is 0 Å². The maximum Gasteiger partial charge on any atom is 0.289 e. The first-order valence-corrected chi connectivity index (χ1v) is 10.3. The molecule has 27 heavy (non-hydrogen) atoms. The monoisotopic (exact) mass is 391 g/mol. The highest BCUT2D eigenvalue weighted by Crippen LogP contribution is 2.27. The lowest BCUT2D eigenvalue weighted by molar-refractivity contribution is -0.387. The van der Waals surface area contributed by atoms with Crippen molar-refractivity contribution in [2.75, 3.05) is 26.2 Å². The van der Waals surface area contributed by atoms with Crippen molar-refractivity contribution in [1.29, 1.82) is 0 Å². The summed E-state index contributed by atoms with van der Waals surface area (Å²) in [5.74, 6) is 0. The summed E-state index contributed by atoms with van der Waals surface area (Å²) in [6.07, 6.45) is 0. The topological polar surface area (TPSA) is 83.8 Å². The molecule has 8 heteroatoms. The van der Waals surface area contributed by atoms with Crippen LogP contribution in [0.5, 0.6) is 0 Å². The number of sulfonamides is 1. The minimum atomic E-state index is -4.02. The fraction of sp³-hybridized carbons (Fsp3) is 0.368. The first kappa shape index (κ1) is 21.0. The van der Waals surface area contributed by atoms with Crippen LogP contribution in [0.1, 0.15) is 19.4 Å². The third-order valence-electron chi connectivity index (χ3n) is 4.44. The number of rotatable bonds is 10. The molecule has 0 aliphatic rings. The van der Waals surface area contributed by atoms with Crippen molar-refractivity contribution in [2.45, 2.75) is 25.3 Å². The lowest BCUT2D eigenvalue weighted by Crippen LogP contribution is -2.38. The summed E-state index contributed by atoms with van der Waals surface area (Å²) in [5, 5.41) is 11.3. The van der Waals surface area contributed by atoms with Crippen LogP contribution in [0.25, 0.3) is 0 Å². The van der Waals surface area contributed by atoms with E-state index in [1.165, 1.54) is 28.6 Å². The van der Waals surface area contributed by atoms with Gasteiger partial charge in [0.05, 0.1) is 4.92 Å². The maximum atomic E-state index is 13.3. The second-order valence-corrected chi connectivity index (χ2v) is 7.98. The summed E-state index contributed by atoms with van der Waals surface area (Å²) >= 11 is 0. The van der Waals surface area contributed by atoms with Gasteiger partial charge in [-0.15, -0.1) is 0 Å². The molecule has 0 heterocycles. The molecule has 0 saturated heterocycles. The number of hydrogen-bond donors (Lipinski definition) is 0. The summed E-state index contributed by atoms with van der Waals surface area (Å²) in [5.41, 5.74) is 0.428. The molecule has 2 aromatic carbocycles. The Kier molecular flexibility index (Phi) is 7.46. The SMILES string of the molecule is CCN(CC)CCN(Cc1ccccc1)S(=O)(=O)c1ccccc1[N+](=O)[O-]. The van der Waals surface area contributed by atoms with E-state index < -0.39 is 20.6 Å². The van der Waals surface area contributed by atoms with Gasteiger partial charge in [-0.3, -0.25) is 10.1 Å². The molecule has 0 atom stereocenters. The Hall–Kier alpha value is -2.29. The Bertz CT molecular complexity index is 852. The minimum absolute atomic E-state index is 0.163. The third-order valence-corrected chi connectivity index (χ3v) is 6.33. The van der Waals surface area contributed by atoms with E-state index in [9.17, 15) is 18.5 Å². The van der Waals surface area contributed by atoms with Gasteiger partial charge in [-0.2, -0.15) is 4.31 Å². The molecule has 0 unspecified atom stereocenters. The molecule has 0 fully saturated rings. The Balaban J connectivity index is 2.40. The van der Waals surface area contributed by atoms with Crippen molar-refractivity contribution in [3.63, 3.8) is 0 Å². The smallest absolute Gasteiger partial charge is 0.289 e. The molecule has 2 rings (SSSR count). The molecule has 0 aliphatic carbocycles. The average molecular weight is 391 g/mol. The molecule has 0 bridgehead atoms. The van der Waals surface area contributed by atoms with Crippen molar-refractivity contribution >= 4 is 15.7 Å². The number of likely N-dealkylation sites (N-methyl/N-ethyl adjacent to an activating group) is 1. The summed E-state index contributed by atoms with van der Waals surface area (Å²) < 4.78 is 27.8. The Morgan fingerprint density at radius 1 is 0.926 bits per heavy atom. The molecule has 0 N–H and O–H groups in total. The molecule has 0 aromatic heterocycles. The van der Waals surface area contributed by atoms with E-state index in [2.05, 4.69) is 4.90 Å². The van der Waals surface area contributed by atoms with Gasteiger partial charge in [-0.25, -0.2) is 8.42 Å². The molecular formula is C19H25N3O4S. The molecule has 146 valence electrons. The van der Waals surface area contributed by atoms with Crippen LogP contribution >= 0.6 is 0 Å². The van der Waals surface area contributed by atoms with E-state index in [1.807, 2.05) is 44.2 Å². The van der Waals surface area contributed by atoms with Gasteiger partial charge in [0, 0.05) is 25.7 Å². The van der Waals surface area contributed by atoms with Crippen LogP contribution in [-0.4, -0.2) is 48.7 Å². The van der Waals surface area contributed by atoms with E-state index in [-0.39, 0.29) is 18.0 Å². The Morgan fingerprint density at radius 3 is 2.11 bits per heavy atom. The summed E-state index contributed by atoms with van der Waals surface area (Å²) in [7, 11) is -4.02. The van der Waals surface area contributed by atoms with E-state index in [0.29, 0.717) is 6.54 Å². The number of benzene rings is 2. The van der Waals surface area contributed by atoms with Crippen molar-refractivity contribution in [1.82, 2.24) is 9.21 Å². The summed E-state index contributed by atoms with van der Waals surface area (Å²) in [6, 6.07) is 14.7. The number of nitrogens with zero attached hydrogens (tertiary/aromatic N) is 3.